The third-order valence-corrected chi connectivity index (χ3v) is 10.9. The molecule has 50 heavy (non-hydrogen) atoms. The highest BCUT2D eigenvalue weighted by molar-refractivity contribution is 6.33. The molecule has 0 radical (unpaired) electrons. The summed E-state index contributed by atoms with van der Waals surface area (Å²) in [6, 6.07) is 10.2. The molecule has 6 rings (SSSR count). The largest absolute Gasteiger partial charge is 0.436 e. The molecule has 272 valence electrons. The average Bonchev–Trinajstić information content (AvgIpc) is 3.29. The lowest BCUT2D eigenvalue weighted by molar-refractivity contribution is -0.142. The lowest BCUT2D eigenvalue weighted by atomic mass is 9.98. The van der Waals surface area contributed by atoms with E-state index < -0.39 is 29.8 Å². The van der Waals surface area contributed by atoms with E-state index in [1.165, 1.54) is 37.3 Å². The van der Waals surface area contributed by atoms with Crippen molar-refractivity contribution in [2.45, 2.75) is 82.2 Å². The molecule has 0 saturated carbocycles. The molecule has 4 aliphatic heterocycles. The first-order valence-corrected chi connectivity index (χ1v) is 18.1. The number of para-hydroxylation sites is 1. The van der Waals surface area contributed by atoms with E-state index in [9.17, 15) is 27.6 Å². The predicted octanol–water partition coefficient (Wildman–Crippen LogP) is 6.48. The Morgan fingerprint density at radius 2 is 1.60 bits per heavy atom. The maximum absolute atomic E-state index is 14.0. The Morgan fingerprint density at radius 3 is 2.28 bits per heavy atom. The van der Waals surface area contributed by atoms with E-state index >= 15 is 0 Å². The molecule has 4 aliphatic rings. The topological polar surface area (TPSA) is 97.5 Å². The SMILES string of the molecule is CNc1c(Cl)cc(C[C@@H](OC(=O)N2CCC(N3CCc4ccccc4NC3=O)CC2)C(=O)N2CCC(N3CCCCC3)CC2)cc1C(F)(F)F. The third kappa shape index (κ3) is 8.25. The lowest BCUT2D eigenvalue weighted by Crippen LogP contribution is -2.53. The number of carbonyl (C=O) groups excluding carboxylic acids is 3. The van der Waals surface area contributed by atoms with Gasteiger partial charge in [-0.25, -0.2) is 9.59 Å². The van der Waals surface area contributed by atoms with Gasteiger partial charge in [-0.3, -0.25) is 4.79 Å². The number of anilines is 2. The number of rotatable bonds is 7. The molecule has 2 aromatic carbocycles. The number of amides is 4. The van der Waals surface area contributed by atoms with Crippen molar-refractivity contribution in [3.63, 3.8) is 0 Å². The van der Waals surface area contributed by atoms with Crippen molar-refractivity contribution >= 4 is 41.0 Å². The second kappa shape index (κ2) is 15.7. The smallest absolute Gasteiger partial charge is 0.418 e. The van der Waals surface area contributed by atoms with Crippen molar-refractivity contribution in [2.24, 2.45) is 0 Å². The van der Waals surface area contributed by atoms with Gasteiger partial charge >= 0.3 is 18.3 Å². The maximum atomic E-state index is 14.0. The van der Waals surface area contributed by atoms with Gasteiger partial charge in [-0.15, -0.1) is 0 Å². The van der Waals surface area contributed by atoms with E-state index in [2.05, 4.69) is 15.5 Å². The number of hydrogen-bond donors (Lipinski definition) is 2. The minimum atomic E-state index is -4.69. The maximum Gasteiger partial charge on any atom is 0.418 e. The van der Waals surface area contributed by atoms with Crippen LogP contribution in [0.2, 0.25) is 5.02 Å². The molecule has 0 aromatic heterocycles. The fraction of sp³-hybridized carbons (Fsp3) is 0.583. The lowest BCUT2D eigenvalue weighted by Gasteiger charge is -2.41. The number of hydrogen-bond acceptors (Lipinski definition) is 6. The molecule has 0 bridgehead atoms. The van der Waals surface area contributed by atoms with Crippen molar-refractivity contribution in [3.8, 4) is 0 Å². The van der Waals surface area contributed by atoms with E-state index in [0.717, 1.165) is 43.2 Å². The molecule has 2 N–H and O–H groups in total. The molecule has 3 saturated heterocycles. The monoisotopic (exact) mass is 718 g/mol. The van der Waals surface area contributed by atoms with Gasteiger partial charge in [0.05, 0.1) is 16.3 Å². The Labute approximate surface area is 296 Å². The number of ether oxygens (including phenoxy) is 1. The van der Waals surface area contributed by atoms with Crippen LogP contribution < -0.4 is 10.6 Å². The number of halogens is 4. The minimum Gasteiger partial charge on any atom is -0.436 e. The number of nitrogens with zero attached hydrogens (tertiary/aromatic N) is 4. The van der Waals surface area contributed by atoms with Gasteiger partial charge < -0.3 is 35.0 Å². The van der Waals surface area contributed by atoms with Crippen molar-refractivity contribution in [2.75, 3.05) is 63.5 Å². The fourth-order valence-corrected chi connectivity index (χ4v) is 8.22. The zero-order chi connectivity index (χ0) is 35.4. The summed E-state index contributed by atoms with van der Waals surface area (Å²) in [6.45, 7) is 4.24. The van der Waals surface area contributed by atoms with Crippen LogP contribution in [0.4, 0.5) is 34.1 Å². The van der Waals surface area contributed by atoms with Crippen LogP contribution in [0, 0.1) is 0 Å². The highest BCUT2D eigenvalue weighted by atomic mass is 35.5. The van der Waals surface area contributed by atoms with Gasteiger partial charge in [-0.05, 0) is 87.4 Å². The van der Waals surface area contributed by atoms with Gasteiger partial charge in [-0.1, -0.05) is 36.2 Å². The summed E-state index contributed by atoms with van der Waals surface area (Å²) < 4.78 is 47.9. The first kappa shape index (κ1) is 36.1. The van der Waals surface area contributed by atoms with E-state index in [4.69, 9.17) is 16.3 Å². The van der Waals surface area contributed by atoms with Crippen LogP contribution in [0.5, 0.6) is 0 Å². The molecule has 14 heteroatoms. The Balaban J connectivity index is 1.13. The summed E-state index contributed by atoms with van der Waals surface area (Å²) in [7, 11) is 1.36. The van der Waals surface area contributed by atoms with E-state index in [0.29, 0.717) is 58.0 Å². The zero-order valence-corrected chi connectivity index (χ0v) is 29.2. The molecule has 0 unspecified atom stereocenters. The Morgan fingerprint density at radius 1 is 0.940 bits per heavy atom. The molecule has 0 spiro atoms. The van der Waals surface area contributed by atoms with E-state index in [1.807, 2.05) is 29.2 Å². The van der Waals surface area contributed by atoms with Crippen LogP contribution in [-0.2, 0) is 28.5 Å². The number of urea groups is 1. The normalized spacial score (nSPS) is 20.5. The van der Waals surface area contributed by atoms with Crippen LogP contribution >= 0.6 is 11.6 Å². The molecule has 1 atom stereocenters. The molecular weight excluding hydrogens is 673 g/mol. The number of carbonyl (C=O) groups is 3. The minimum absolute atomic E-state index is 0.0828. The standard InChI is InChI=1S/C36H46ClF3N6O4/c1-41-32-28(36(38,39)40)21-24(22-29(32)37)23-31(33(47)44-16-10-26(11-17-44)43-14-5-2-6-15-43)50-35(49)45-18-12-27(13-19-45)46-20-9-25-7-3-4-8-30(25)42-34(46)48/h3-4,7-8,21-22,26-27,31,41H,2,5-6,9-20,23H2,1H3,(H,42,48)/t31-/m1/s1. The zero-order valence-electron chi connectivity index (χ0n) is 28.4. The second-order valence-corrected chi connectivity index (χ2v) is 14.1. The van der Waals surface area contributed by atoms with Crippen LogP contribution in [0.25, 0.3) is 0 Å². The van der Waals surface area contributed by atoms with Crippen molar-refractivity contribution < 1.29 is 32.3 Å². The third-order valence-electron chi connectivity index (χ3n) is 10.6. The highest BCUT2D eigenvalue weighted by Gasteiger charge is 2.38. The summed E-state index contributed by atoms with van der Waals surface area (Å²) in [5.41, 5.74) is 0.803. The van der Waals surface area contributed by atoms with Crippen LogP contribution in [0.15, 0.2) is 36.4 Å². The Bertz CT molecular complexity index is 1540. The molecular formula is C36H46ClF3N6O4. The molecule has 4 amide bonds. The van der Waals surface area contributed by atoms with Gasteiger partial charge in [0.2, 0.25) is 0 Å². The summed E-state index contributed by atoms with van der Waals surface area (Å²) in [4.78, 5) is 48.2. The molecule has 3 fully saturated rings. The highest BCUT2D eigenvalue weighted by Crippen LogP contribution is 2.40. The molecule has 2 aromatic rings. The first-order valence-electron chi connectivity index (χ1n) is 17.7. The van der Waals surface area contributed by atoms with Gasteiger partial charge in [0.1, 0.15) is 0 Å². The Hall–Kier alpha value is -3.71. The van der Waals surface area contributed by atoms with Crippen molar-refractivity contribution in [1.29, 1.82) is 0 Å². The summed E-state index contributed by atoms with van der Waals surface area (Å²) in [6.07, 6.45) is -0.0732. The number of alkyl halides is 3. The number of piperidine rings is 3. The second-order valence-electron chi connectivity index (χ2n) is 13.7. The van der Waals surface area contributed by atoms with Crippen LogP contribution in [-0.4, -0.2) is 109 Å². The number of nitrogens with one attached hydrogen (secondary N) is 2. The molecule has 10 nitrogen and oxygen atoms in total. The van der Waals surface area contributed by atoms with Crippen molar-refractivity contribution in [1.82, 2.24) is 19.6 Å². The van der Waals surface area contributed by atoms with Gasteiger partial charge in [-0.2, -0.15) is 13.2 Å². The first-order chi connectivity index (χ1) is 24.0. The Kier molecular flexibility index (Phi) is 11.3. The number of likely N-dealkylation sites (tertiary alicyclic amines) is 3. The predicted molar refractivity (Wildman–Crippen MR) is 185 cm³/mol. The van der Waals surface area contributed by atoms with Gasteiger partial charge in [0.25, 0.3) is 5.91 Å². The number of benzene rings is 2. The van der Waals surface area contributed by atoms with Crippen LogP contribution in [0.3, 0.4) is 0 Å². The molecule has 0 aliphatic carbocycles. The van der Waals surface area contributed by atoms with Gasteiger partial charge in [0, 0.05) is 64.0 Å². The molecule has 4 heterocycles. The average molecular weight is 719 g/mol. The van der Waals surface area contributed by atoms with E-state index in [-0.39, 0.29) is 34.8 Å². The van der Waals surface area contributed by atoms with Crippen molar-refractivity contribution in [3.05, 3.63) is 58.1 Å². The summed E-state index contributed by atoms with van der Waals surface area (Å²) in [5.74, 6) is -0.423. The van der Waals surface area contributed by atoms with Crippen LogP contribution in [0.1, 0.15) is 61.6 Å². The van der Waals surface area contributed by atoms with Gasteiger partial charge in [0.15, 0.2) is 6.10 Å². The number of fused-ring (bicyclic) bond motifs is 1. The summed E-state index contributed by atoms with van der Waals surface area (Å²) >= 11 is 6.28. The fourth-order valence-electron chi connectivity index (χ4n) is 7.88. The quantitative estimate of drug-likeness (QED) is 0.341. The summed E-state index contributed by atoms with van der Waals surface area (Å²) in [5, 5.41) is 5.37. The van der Waals surface area contributed by atoms with E-state index in [1.54, 1.807) is 4.90 Å².